The summed E-state index contributed by atoms with van der Waals surface area (Å²) in [5.41, 5.74) is 1.38. The lowest BCUT2D eigenvalue weighted by Crippen LogP contribution is -2.09. The normalized spacial score (nSPS) is 13.2. The molecule has 4 aromatic rings. The fourth-order valence-corrected chi connectivity index (χ4v) is 4.76. The van der Waals surface area contributed by atoms with Crippen LogP contribution in [0.1, 0.15) is 42.1 Å². The number of rotatable bonds is 10. The second kappa shape index (κ2) is 10.5. The maximum absolute atomic E-state index is 15.2. The van der Waals surface area contributed by atoms with Gasteiger partial charge in [-0.2, -0.15) is 0 Å². The van der Waals surface area contributed by atoms with E-state index in [0.717, 1.165) is 18.2 Å². The molecule has 2 aromatic heterocycles. The minimum absolute atomic E-state index is 0.0626. The molecule has 2 N–H and O–H groups in total. The van der Waals surface area contributed by atoms with Crippen molar-refractivity contribution in [2.45, 2.75) is 26.2 Å². The summed E-state index contributed by atoms with van der Waals surface area (Å²) in [6.07, 6.45) is 6.33. The zero-order valence-electron chi connectivity index (χ0n) is 19.5. The number of hydrogen-bond acceptors (Lipinski definition) is 5. The Hall–Kier alpha value is -3.10. The monoisotopic (exact) mass is 527 g/mol. The molecule has 186 valence electrons. The maximum atomic E-state index is 15.2. The quantitative estimate of drug-likeness (QED) is 0.126. The number of halogens is 3. The number of anilines is 1. The predicted molar refractivity (Wildman–Crippen MR) is 141 cm³/mol. The number of carbonyl (C=O) groups is 1. The fraction of sp³-hybridized carbons (Fsp3) is 0.259. The zero-order chi connectivity index (χ0) is 25.2. The highest BCUT2D eigenvalue weighted by Gasteiger charge is 2.25. The summed E-state index contributed by atoms with van der Waals surface area (Å²) in [6, 6.07) is 9.57. The van der Waals surface area contributed by atoms with Gasteiger partial charge in [-0.1, -0.05) is 30.5 Å². The predicted octanol–water partition coefficient (Wildman–Crippen LogP) is 7.65. The molecule has 2 aromatic carbocycles. The van der Waals surface area contributed by atoms with Gasteiger partial charge in [0.2, 0.25) is 5.78 Å². The molecule has 36 heavy (non-hydrogen) atoms. The van der Waals surface area contributed by atoms with Gasteiger partial charge in [0.15, 0.2) is 5.82 Å². The molecule has 1 fully saturated rings. The van der Waals surface area contributed by atoms with Gasteiger partial charge >= 0.3 is 0 Å². The van der Waals surface area contributed by atoms with Crippen LogP contribution in [0.4, 0.5) is 14.5 Å². The maximum Gasteiger partial charge on any atom is 0.201 e. The van der Waals surface area contributed by atoms with E-state index in [0.29, 0.717) is 45.5 Å². The zero-order valence-corrected chi connectivity index (χ0v) is 21.1. The molecule has 0 amide bonds. The lowest BCUT2D eigenvalue weighted by atomic mass is 9.99. The molecule has 1 saturated carbocycles. The number of ether oxygens (including phenoxy) is 1. The SMILES string of the molecule is CCCSNc1ccc(F)c(C(=O)c2c[nH]c3ncc(-c4ccc(OCC5CC5)cc4Cl)cc23)c1F. The van der Waals surface area contributed by atoms with Gasteiger partial charge in [-0.15, -0.1) is 0 Å². The van der Waals surface area contributed by atoms with E-state index < -0.39 is 23.0 Å². The van der Waals surface area contributed by atoms with Crippen molar-refractivity contribution in [1.29, 1.82) is 0 Å². The Bertz CT molecular complexity index is 1440. The van der Waals surface area contributed by atoms with E-state index in [-0.39, 0.29) is 11.3 Å². The molecule has 5 rings (SSSR count). The Morgan fingerprint density at radius 1 is 1.25 bits per heavy atom. The molecule has 2 heterocycles. The standard InChI is InChI=1S/C27H24ClF2N3O2S/c1-2-9-36-33-23-8-7-22(29)24(25(23)30)26(34)20-13-32-27-19(20)10-16(12-31-27)18-6-5-17(11-21(18)28)35-14-15-3-4-15/h5-8,10-13,15,33H,2-4,9,14H2,1H3,(H,31,32). The van der Waals surface area contributed by atoms with Crippen LogP contribution in [0, 0.1) is 17.6 Å². The molecule has 9 heteroatoms. The third kappa shape index (κ3) is 5.06. The van der Waals surface area contributed by atoms with Crippen LogP contribution in [0.15, 0.2) is 48.8 Å². The highest BCUT2D eigenvalue weighted by molar-refractivity contribution is 8.00. The van der Waals surface area contributed by atoms with Crippen LogP contribution >= 0.6 is 23.5 Å². The number of aromatic amines is 1. The average molecular weight is 528 g/mol. The van der Waals surface area contributed by atoms with E-state index in [9.17, 15) is 9.18 Å². The van der Waals surface area contributed by atoms with E-state index in [1.54, 1.807) is 18.3 Å². The van der Waals surface area contributed by atoms with Crippen molar-refractivity contribution >= 4 is 46.1 Å². The number of aromatic nitrogens is 2. The minimum atomic E-state index is -0.924. The molecule has 0 aliphatic heterocycles. The van der Waals surface area contributed by atoms with Gasteiger partial charge in [0.1, 0.15) is 17.2 Å². The van der Waals surface area contributed by atoms with Gasteiger partial charge in [0.25, 0.3) is 0 Å². The number of nitrogens with zero attached hydrogens (tertiary/aromatic N) is 1. The van der Waals surface area contributed by atoms with Crippen molar-refractivity contribution in [2.24, 2.45) is 5.92 Å². The third-order valence-electron chi connectivity index (χ3n) is 6.02. The summed E-state index contributed by atoms with van der Waals surface area (Å²) < 4.78 is 38.5. The van der Waals surface area contributed by atoms with Crippen LogP contribution in [-0.2, 0) is 0 Å². The first-order valence-electron chi connectivity index (χ1n) is 11.8. The van der Waals surface area contributed by atoms with Crippen LogP contribution in [0.25, 0.3) is 22.2 Å². The van der Waals surface area contributed by atoms with Crippen LogP contribution < -0.4 is 9.46 Å². The largest absolute Gasteiger partial charge is 0.493 e. The van der Waals surface area contributed by atoms with E-state index in [4.69, 9.17) is 16.3 Å². The van der Waals surface area contributed by atoms with Crippen molar-refractivity contribution in [1.82, 2.24) is 9.97 Å². The third-order valence-corrected chi connectivity index (χ3v) is 7.31. The fourth-order valence-electron chi connectivity index (χ4n) is 3.86. The summed E-state index contributed by atoms with van der Waals surface area (Å²) in [7, 11) is 0. The number of pyridine rings is 1. The molecular formula is C27H24ClF2N3O2S. The van der Waals surface area contributed by atoms with Crippen LogP contribution in [0.2, 0.25) is 5.02 Å². The topological polar surface area (TPSA) is 67.0 Å². The minimum Gasteiger partial charge on any atom is -0.493 e. The first kappa shape index (κ1) is 24.6. The van der Waals surface area contributed by atoms with Gasteiger partial charge in [-0.25, -0.2) is 13.8 Å². The summed E-state index contributed by atoms with van der Waals surface area (Å²) in [5.74, 6) is -0.555. The molecule has 0 radical (unpaired) electrons. The molecule has 0 spiro atoms. The van der Waals surface area contributed by atoms with E-state index in [1.165, 1.54) is 37.1 Å². The van der Waals surface area contributed by atoms with Crippen molar-refractivity contribution in [2.75, 3.05) is 17.1 Å². The lowest BCUT2D eigenvalue weighted by Gasteiger charge is -2.11. The highest BCUT2D eigenvalue weighted by Crippen LogP contribution is 2.35. The summed E-state index contributed by atoms with van der Waals surface area (Å²) in [5, 5.41) is 0.924. The Balaban J connectivity index is 1.47. The number of fused-ring (bicyclic) bond motifs is 1. The van der Waals surface area contributed by atoms with Crippen LogP contribution in [0.3, 0.4) is 0 Å². The molecule has 1 aliphatic rings. The molecule has 0 saturated heterocycles. The number of carbonyl (C=O) groups excluding carboxylic acids is 1. The van der Waals surface area contributed by atoms with Crippen molar-refractivity contribution in [3.05, 3.63) is 76.6 Å². The first-order valence-corrected chi connectivity index (χ1v) is 13.1. The van der Waals surface area contributed by atoms with Crippen LogP contribution in [0.5, 0.6) is 5.75 Å². The van der Waals surface area contributed by atoms with E-state index in [2.05, 4.69) is 14.7 Å². The number of hydrogen-bond donors (Lipinski definition) is 2. The summed E-state index contributed by atoms with van der Waals surface area (Å²) in [6.45, 7) is 2.67. The van der Waals surface area contributed by atoms with Gasteiger partial charge in [-0.05, 0) is 61.6 Å². The number of H-pyrrole nitrogens is 1. The molecule has 1 aliphatic carbocycles. The first-order chi connectivity index (χ1) is 17.5. The van der Waals surface area contributed by atoms with Gasteiger partial charge < -0.3 is 14.4 Å². The molecule has 0 atom stereocenters. The smallest absolute Gasteiger partial charge is 0.201 e. The van der Waals surface area contributed by atoms with E-state index >= 15 is 4.39 Å². The Labute approximate surface area is 216 Å². The van der Waals surface area contributed by atoms with Gasteiger partial charge in [0.05, 0.1) is 22.9 Å². The van der Waals surface area contributed by atoms with Gasteiger partial charge in [0, 0.05) is 40.2 Å². The summed E-state index contributed by atoms with van der Waals surface area (Å²) >= 11 is 7.83. The Kier molecular flexibility index (Phi) is 7.16. The molecule has 5 nitrogen and oxygen atoms in total. The second-order valence-electron chi connectivity index (χ2n) is 8.78. The Morgan fingerprint density at radius 3 is 2.83 bits per heavy atom. The summed E-state index contributed by atoms with van der Waals surface area (Å²) in [4.78, 5) is 20.6. The number of ketones is 1. The van der Waals surface area contributed by atoms with Gasteiger partial charge in [-0.3, -0.25) is 4.79 Å². The average Bonchev–Trinajstić information content (AvgIpc) is 3.61. The van der Waals surface area contributed by atoms with E-state index in [1.807, 2.05) is 19.1 Å². The second-order valence-corrected chi connectivity index (χ2v) is 10.1. The molecule has 0 unspecified atom stereocenters. The Morgan fingerprint density at radius 2 is 2.08 bits per heavy atom. The van der Waals surface area contributed by atoms with Crippen molar-refractivity contribution < 1.29 is 18.3 Å². The molecule has 0 bridgehead atoms. The molecular weight excluding hydrogens is 504 g/mol. The van der Waals surface area contributed by atoms with Crippen molar-refractivity contribution in [3.63, 3.8) is 0 Å². The lowest BCUT2D eigenvalue weighted by molar-refractivity contribution is 0.103. The number of nitrogens with one attached hydrogen (secondary N) is 2. The van der Waals surface area contributed by atoms with Crippen molar-refractivity contribution in [3.8, 4) is 16.9 Å². The highest BCUT2D eigenvalue weighted by atomic mass is 35.5. The number of benzene rings is 2. The van der Waals surface area contributed by atoms with Crippen LogP contribution in [-0.4, -0.2) is 28.1 Å².